The first-order valence-corrected chi connectivity index (χ1v) is 11.2. The second kappa shape index (κ2) is 8.51. The first kappa shape index (κ1) is 20.3. The molecule has 4 atom stereocenters. The third-order valence-corrected chi connectivity index (χ3v) is 6.75. The molecule has 3 aliphatic rings. The van der Waals surface area contributed by atoms with E-state index in [4.69, 9.17) is 15.2 Å². The molecule has 2 aromatic rings. The van der Waals surface area contributed by atoms with E-state index in [-0.39, 0.29) is 6.10 Å². The molecule has 5 rings (SSSR count). The van der Waals surface area contributed by atoms with Crippen molar-refractivity contribution in [3.63, 3.8) is 0 Å². The largest absolute Gasteiger partial charge is 0.488 e. The minimum Gasteiger partial charge on any atom is -0.488 e. The highest BCUT2D eigenvalue weighted by atomic mass is 16.5. The number of aliphatic hydroxyl groups excluding tert-OH is 1. The Morgan fingerprint density at radius 1 is 1.06 bits per heavy atom. The highest BCUT2D eigenvalue weighted by molar-refractivity contribution is 5.51. The van der Waals surface area contributed by atoms with E-state index in [2.05, 4.69) is 31.9 Å². The van der Waals surface area contributed by atoms with Crippen LogP contribution in [0.15, 0.2) is 30.3 Å². The fourth-order valence-corrected chi connectivity index (χ4v) is 5.19. The Morgan fingerprint density at radius 3 is 2.61 bits per heavy atom. The number of hydrogen-bond acceptors (Lipinski definition) is 8. The number of nitrogens with two attached hydrogens (primary N) is 1. The molecule has 1 saturated carbocycles. The molecule has 0 bridgehead atoms. The molecule has 2 aliphatic heterocycles. The van der Waals surface area contributed by atoms with Crippen LogP contribution in [-0.4, -0.2) is 66.7 Å². The van der Waals surface area contributed by atoms with Crippen molar-refractivity contribution in [2.45, 2.75) is 32.0 Å². The van der Waals surface area contributed by atoms with E-state index >= 15 is 0 Å². The fraction of sp³-hybridized carbons (Fsp3) is 0.565. The molecule has 1 aromatic carbocycles. The lowest BCUT2D eigenvalue weighted by molar-refractivity contribution is -0.0231. The maximum absolute atomic E-state index is 10.8. The van der Waals surface area contributed by atoms with Gasteiger partial charge in [-0.1, -0.05) is 6.07 Å². The number of aromatic nitrogens is 2. The van der Waals surface area contributed by atoms with Crippen LogP contribution in [0, 0.1) is 18.8 Å². The van der Waals surface area contributed by atoms with E-state index in [1.165, 1.54) is 0 Å². The molecule has 8 heteroatoms. The molecule has 8 nitrogen and oxygen atoms in total. The third kappa shape index (κ3) is 4.41. The van der Waals surface area contributed by atoms with Gasteiger partial charge in [-0.25, -0.2) is 4.98 Å². The molecule has 0 amide bonds. The molecule has 2 saturated heterocycles. The Kier molecular flexibility index (Phi) is 5.58. The van der Waals surface area contributed by atoms with Crippen molar-refractivity contribution in [1.82, 2.24) is 9.97 Å². The zero-order valence-electron chi connectivity index (χ0n) is 18.0. The van der Waals surface area contributed by atoms with Crippen LogP contribution < -0.4 is 20.3 Å². The summed E-state index contributed by atoms with van der Waals surface area (Å²) in [5.74, 6) is 2.91. The number of aryl methyl sites for hydroxylation is 1. The Bertz CT molecular complexity index is 900. The highest BCUT2D eigenvalue weighted by Gasteiger charge is 2.43. The average Bonchev–Trinajstić information content (AvgIpc) is 3.17. The second-order valence-corrected chi connectivity index (χ2v) is 8.94. The van der Waals surface area contributed by atoms with Crippen LogP contribution in [0.3, 0.4) is 0 Å². The van der Waals surface area contributed by atoms with Crippen LogP contribution in [0.4, 0.5) is 17.5 Å². The summed E-state index contributed by atoms with van der Waals surface area (Å²) < 4.78 is 11.8. The number of anilines is 3. The standard InChI is InChI=1S/C23H31N5O3/c1-15-9-22(26-23(24)25-15)28-13-16-10-20(29)21(11-17(16)14-28)31-19-4-2-3-18(12-19)27-5-7-30-8-6-27/h2-4,9,12,16-17,20-21,29H,5-8,10-11,13-14H2,1H3,(H2,24,25,26)/t16-,17+,20+,21+/m0/s1. The zero-order chi connectivity index (χ0) is 21.4. The number of hydrogen-bond donors (Lipinski definition) is 2. The molecule has 166 valence electrons. The van der Waals surface area contributed by atoms with Gasteiger partial charge >= 0.3 is 0 Å². The summed E-state index contributed by atoms with van der Waals surface area (Å²) in [4.78, 5) is 13.2. The van der Waals surface area contributed by atoms with Gasteiger partial charge in [0.25, 0.3) is 0 Å². The Labute approximate surface area is 183 Å². The van der Waals surface area contributed by atoms with Crippen LogP contribution in [0.5, 0.6) is 5.75 Å². The number of aliphatic hydroxyl groups is 1. The van der Waals surface area contributed by atoms with E-state index in [1.54, 1.807) is 0 Å². The molecule has 1 aliphatic carbocycles. The van der Waals surface area contributed by atoms with Crippen LogP contribution in [0.2, 0.25) is 0 Å². The van der Waals surface area contributed by atoms with Gasteiger partial charge < -0.3 is 30.1 Å². The Balaban J connectivity index is 1.25. The number of ether oxygens (including phenoxy) is 2. The number of benzene rings is 1. The predicted molar refractivity (Wildman–Crippen MR) is 120 cm³/mol. The van der Waals surface area contributed by atoms with Crippen molar-refractivity contribution in [3.05, 3.63) is 36.0 Å². The molecule has 0 unspecified atom stereocenters. The topological polar surface area (TPSA) is 97.0 Å². The monoisotopic (exact) mass is 425 g/mol. The molecular formula is C23H31N5O3. The van der Waals surface area contributed by atoms with Crippen molar-refractivity contribution in [2.75, 3.05) is 54.9 Å². The summed E-state index contributed by atoms with van der Waals surface area (Å²) in [5, 5.41) is 10.8. The van der Waals surface area contributed by atoms with E-state index < -0.39 is 6.10 Å². The van der Waals surface area contributed by atoms with Crippen LogP contribution in [0.25, 0.3) is 0 Å². The number of rotatable bonds is 4. The van der Waals surface area contributed by atoms with Gasteiger partial charge in [-0.3, -0.25) is 0 Å². The summed E-state index contributed by atoms with van der Waals surface area (Å²) in [6.07, 6.45) is 0.918. The quantitative estimate of drug-likeness (QED) is 0.766. The van der Waals surface area contributed by atoms with Crippen LogP contribution in [-0.2, 0) is 4.74 Å². The molecule has 3 heterocycles. The van der Waals surface area contributed by atoms with Gasteiger partial charge in [-0.15, -0.1) is 0 Å². The number of nitrogen functional groups attached to an aromatic ring is 1. The van der Waals surface area contributed by atoms with E-state index in [0.29, 0.717) is 17.8 Å². The van der Waals surface area contributed by atoms with Gasteiger partial charge in [-0.2, -0.15) is 4.98 Å². The van der Waals surface area contributed by atoms with Crippen molar-refractivity contribution >= 4 is 17.5 Å². The van der Waals surface area contributed by atoms with Gasteiger partial charge in [0.2, 0.25) is 5.95 Å². The lowest BCUT2D eigenvalue weighted by atomic mass is 9.78. The van der Waals surface area contributed by atoms with Crippen LogP contribution >= 0.6 is 0 Å². The molecule has 3 fully saturated rings. The molecule has 0 spiro atoms. The molecule has 1 aromatic heterocycles. The molecule has 3 N–H and O–H groups in total. The summed E-state index contributed by atoms with van der Waals surface area (Å²) in [6, 6.07) is 10.2. The zero-order valence-corrected chi connectivity index (χ0v) is 18.0. The lowest BCUT2D eigenvalue weighted by Crippen LogP contribution is -2.42. The van der Waals surface area contributed by atoms with E-state index in [0.717, 1.165) is 75.2 Å². The Morgan fingerprint density at radius 2 is 1.84 bits per heavy atom. The van der Waals surface area contributed by atoms with Gasteiger partial charge in [0, 0.05) is 49.7 Å². The summed E-state index contributed by atoms with van der Waals surface area (Å²) in [6.45, 7) is 7.01. The third-order valence-electron chi connectivity index (χ3n) is 6.75. The lowest BCUT2D eigenvalue weighted by Gasteiger charge is -2.35. The van der Waals surface area contributed by atoms with Crippen LogP contribution in [0.1, 0.15) is 18.5 Å². The minimum absolute atomic E-state index is 0.196. The number of morpholine rings is 1. The van der Waals surface area contributed by atoms with Gasteiger partial charge in [0.1, 0.15) is 17.7 Å². The van der Waals surface area contributed by atoms with Gasteiger partial charge in [-0.05, 0) is 43.7 Å². The van der Waals surface area contributed by atoms with Crippen molar-refractivity contribution in [1.29, 1.82) is 0 Å². The summed E-state index contributed by atoms with van der Waals surface area (Å²) >= 11 is 0. The number of fused-ring (bicyclic) bond motifs is 1. The summed E-state index contributed by atoms with van der Waals surface area (Å²) in [7, 11) is 0. The van der Waals surface area contributed by atoms with Crippen molar-refractivity contribution in [3.8, 4) is 5.75 Å². The van der Waals surface area contributed by atoms with Crippen molar-refractivity contribution < 1.29 is 14.6 Å². The first-order chi connectivity index (χ1) is 15.0. The first-order valence-electron chi connectivity index (χ1n) is 11.2. The molecular weight excluding hydrogens is 394 g/mol. The normalized spacial score (nSPS) is 28.5. The highest BCUT2D eigenvalue weighted by Crippen LogP contribution is 2.39. The van der Waals surface area contributed by atoms with E-state index in [9.17, 15) is 5.11 Å². The smallest absolute Gasteiger partial charge is 0.222 e. The number of nitrogens with zero attached hydrogens (tertiary/aromatic N) is 4. The average molecular weight is 426 g/mol. The second-order valence-electron chi connectivity index (χ2n) is 8.94. The van der Waals surface area contributed by atoms with Gasteiger partial charge in [0.05, 0.1) is 19.3 Å². The van der Waals surface area contributed by atoms with Gasteiger partial charge in [0.15, 0.2) is 0 Å². The Hall–Kier alpha value is -2.58. The minimum atomic E-state index is -0.467. The van der Waals surface area contributed by atoms with E-state index in [1.807, 2.05) is 25.1 Å². The fourth-order valence-electron chi connectivity index (χ4n) is 5.19. The predicted octanol–water partition coefficient (Wildman–Crippen LogP) is 1.86. The maximum Gasteiger partial charge on any atom is 0.222 e. The molecule has 0 radical (unpaired) electrons. The maximum atomic E-state index is 10.8. The van der Waals surface area contributed by atoms with Crippen molar-refractivity contribution in [2.24, 2.45) is 11.8 Å². The summed E-state index contributed by atoms with van der Waals surface area (Å²) in [5.41, 5.74) is 7.87. The SMILES string of the molecule is Cc1cc(N2C[C@H]3C[C@@H](Oc4cccc(N5CCOCC5)c4)[C@H](O)C[C@H]3C2)nc(N)n1. The molecule has 31 heavy (non-hydrogen) atoms.